The maximum absolute atomic E-state index is 10.0. The Kier molecular flexibility index (Phi) is 5.33. The van der Waals surface area contributed by atoms with Gasteiger partial charge in [-0.25, -0.2) is 0 Å². The lowest BCUT2D eigenvalue weighted by Gasteiger charge is -2.08. The number of nitrogens with zero attached hydrogens (tertiary/aromatic N) is 1. The third-order valence-corrected chi connectivity index (χ3v) is 3.90. The van der Waals surface area contributed by atoms with Gasteiger partial charge in [0.05, 0.1) is 29.6 Å². The lowest BCUT2D eigenvalue weighted by atomic mass is 10.2. The predicted molar refractivity (Wildman–Crippen MR) is 90.0 cm³/mol. The van der Waals surface area contributed by atoms with Gasteiger partial charge in [-0.3, -0.25) is 5.43 Å². The summed E-state index contributed by atoms with van der Waals surface area (Å²) in [6, 6.07) is 8.43. The Morgan fingerprint density at radius 3 is 2.71 bits per heavy atom. The Labute approximate surface area is 140 Å². The van der Waals surface area contributed by atoms with Crippen molar-refractivity contribution in [1.82, 2.24) is 0 Å². The van der Waals surface area contributed by atoms with Crippen molar-refractivity contribution in [2.24, 2.45) is 5.10 Å². The van der Waals surface area contributed by atoms with Crippen molar-refractivity contribution in [2.45, 2.75) is 0 Å². The summed E-state index contributed by atoms with van der Waals surface area (Å²) >= 11 is 15.2. The second kappa shape index (κ2) is 7.02. The van der Waals surface area contributed by atoms with Crippen LogP contribution in [0.4, 0.5) is 5.69 Å². The number of anilines is 1. The van der Waals surface area contributed by atoms with Gasteiger partial charge in [-0.1, -0.05) is 23.2 Å². The number of hydrazone groups is 1. The van der Waals surface area contributed by atoms with Crippen LogP contribution in [0.2, 0.25) is 10.0 Å². The number of benzene rings is 2. The molecular formula is C14H11BrCl2N2O2. The quantitative estimate of drug-likeness (QED) is 0.576. The van der Waals surface area contributed by atoms with Gasteiger partial charge >= 0.3 is 0 Å². The van der Waals surface area contributed by atoms with Gasteiger partial charge in [-0.05, 0) is 46.3 Å². The second-order valence-corrected chi connectivity index (χ2v) is 5.70. The molecule has 0 unspecified atom stereocenters. The lowest BCUT2D eigenvalue weighted by molar-refractivity contribution is 0.373. The average molecular weight is 390 g/mol. The highest BCUT2D eigenvalue weighted by Gasteiger charge is 2.10. The summed E-state index contributed by atoms with van der Waals surface area (Å²) in [5, 5.41) is 15.1. The Hall–Kier alpha value is -1.43. The largest absolute Gasteiger partial charge is 0.504 e. The summed E-state index contributed by atoms with van der Waals surface area (Å²) < 4.78 is 5.74. The molecule has 0 aromatic heterocycles. The van der Waals surface area contributed by atoms with E-state index in [1.165, 1.54) is 13.3 Å². The standard InChI is InChI=1S/C14H11BrCl2N2O2/c1-21-13-5-3-10(15)9(14(13)20)7-18-19-12-4-2-8(16)6-11(12)17/h2-7,19-20H,1H3. The highest BCUT2D eigenvalue weighted by Crippen LogP contribution is 2.33. The highest BCUT2D eigenvalue weighted by molar-refractivity contribution is 9.10. The Bertz CT molecular complexity index is 693. The molecule has 2 aromatic carbocycles. The van der Waals surface area contributed by atoms with E-state index >= 15 is 0 Å². The molecule has 0 spiro atoms. The lowest BCUT2D eigenvalue weighted by Crippen LogP contribution is -1.94. The summed E-state index contributed by atoms with van der Waals surface area (Å²) in [4.78, 5) is 0. The fourth-order valence-corrected chi connectivity index (χ4v) is 2.47. The zero-order valence-electron chi connectivity index (χ0n) is 10.9. The van der Waals surface area contributed by atoms with Crippen molar-refractivity contribution in [2.75, 3.05) is 12.5 Å². The molecule has 0 fully saturated rings. The van der Waals surface area contributed by atoms with Crippen LogP contribution in [0.15, 0.2) is 39.9 Å². The molecule has 4 nitrogen and oxygen atoms in total. The maximum Gasteiger partial charge on any atom is 0.167 e. The first kappa shape index (κ1) is 15.9. The molecule has 0 aliphatic heterocycles. The molecule has 21 heavy (non-hydrogen) atoms. The van der Waals surface area contributed by atoms with Crippen LogP contribution in [0.5, 0.6) is 11.5 Å². The van der Waals surface area contributed by atoms with Crippen molar-refractivity contribution in [3.8, 4) is 11.5 Å². The van der Waals surface area contributed by atoms with Crippen LogP contribution in [0.1, 0.15) is 5.56 Å². The van der Waals surface area contributed by atoms with Gasteiger partial charge in [-0.15, -0.1) is 0 Å². The highest BCUT2D eigenvalue weighted by atomic mass is 79.9. The van der Waals surface area contributed by atoms with E-state index in [0.29, 0.717) is 31.5 Å². The molecule has 110 valence electrons. The monoisotopic (exact) mass is 388 g/mol. The number of halogens is 3. The number of methoxy groups -OCH3 is 1. The molecule has 2 rings (SSSR count). The molecule has 0 bridgehead atoms. The second-order valence-electron chi connectivity index (χ2n) is 4.01. The fourth-order valence-electron chi connectivity index (χ4n) is 1.60. The molecule has 0 aliphatic rings. The van der Waals surface area contributed by atoms with Crippen LogP contribution in [-0.4, -0.2) is 18.4 Å². The van der Waals surface area contributed by atoms with Gasteiger partial charge in [0, 0.05) is 9.50 Å². The van der Waals surface area contributed by atoms with Crippen LogP contribution in [0.3, 0.4) is 0 Å². The van der Waals surface area contributed by atoms with E-state index in [0.717, 1.165) is 0 Å². The first-order chi connectivity index (χ1) is 10.0. The number of hydrogen-bond donors (Lipinski definition) is 2. The van der Waals surface area contributed by atoms with E-state index in [1.54, 1.807) is 30.3 Å². The number of nitrogens with one attached hydrogen (secondary N) is 1. The number of rotatable bonds is 4. The van der Waals surface area contributed by atoms with Crippen LogP contribution in [0.25, 0.3) is 0 Å². The Balaban J connectivity index is 2.22. The van der Waals surface area contributed by atoms with Crippen LogP contribution >= 0.6 is 39.1 Å². The first-order valence-corrected chi connectivity index (χ1v) is 7.37. The van der Waals surface area contributed by atoms with Gasteiger partial charge in [0.15, 0.2) is 11.5 Å². The van der Waals surface area contributed by atoms with Crippen molar-refractivity contribution in [1.29, 1.82) is 0 Å². The fraction of sp³-hybridized carbons (Fsp3) is 0.0714. The predicted octanol–water partition coefficient (Wildman–Crippen LogP) is 4.92. The topological polar surface area (TPSA) is 53.8 Å². The average Bonchev–Trinajstić information content (AvgIpc) is 2.44. The van der Waals surface area contributed by atoms with Crippen molar-refractivity contribution >= 4 is 51.0 Å². The van der Waals surface area contributed by atoms with Gasteiger partial charge in [0.2, 0.25) is 0 Å². The van der Waals surface area contributed by atoms with E-state index in [4.69, 9.17) is 27.9 Å². The number of aromatic hydroxyl groups is 1. The molecule has 0 aliphatic carbocycles. The molecule has 0 saturated carbocycles. The molecule has 2 aromatic rings. The van der Waals surface area contributed by atoms with Crippen LogP contribution in [-0.2, 0) is 0 Å². The summed E-state index contributed by atoms with van der Waals surface area (Å²) in [5.41, 5.74) is 3.89. The Morgan fingerprint density at radius 2 is 2.05 bits per heavy atom. The zero-order chi connectivity index (χ0) is 15.4. The summed E-state index contributed by atoms with van der Waals surface area (Å²) in [7, 11) is 1.48. The van der Waals surface area contributed by atoms with E-state index < -0.39 is 0 Å². The smallest absolute Gasteiger partial charge is 0.167 e. The summed E-state index contributed by atoms with van der Waals surface area (Å²) in [6.07, 6.45) is 1.47. The summed E-state index contributed by atoms with van der Waals surface area (Å²) in [5.74, 6) is 0.365. The van der Waals surface area contributed by atoms with E-state index in [2.05, 4.69) is 26.5 Å². The maximum atomic E-state index is 10.0. The van der Waals surface area contributed by atoms with Gasteiger partial charge in [0.1, 0.15) is 0 Å². The van der Waals surface area contributed by atoms with E-state index in [1.807, 2.05) is 0 Å². The molecule has 2 N–H and O–H groups in total. The van der Waals surface area contributed by atoms with Crippen molar-refractivity contribution in [3.05, 3.63) is 50.4 Å². The molecule has 0 saturated heterocycles. The molecule has 0 atom stereocenters. The molecule has 0 heterocycles. The molecule has 7 heteroatoms. The van der Waals surface area contributed by atoms with Gasteiger partial charge in [-0.2, -0.15) is 5.10 Å². The van der Waals surface area contributed by atoms with Gasteiger partial charge < -0.3 is 9.84 Å². The number of ether oxygens (including phenoxy) is 1. The molecule has 0 amide bonds. The van der Waals surface area contributed by atoms with Crippen LogP contribution < -0.4 is 10.2 Å². The first-order valence-electron chi connectivity index (χ1n) is 5.82. The summed E-state index contributed by atoms with van der Waals surface area (Å²) in [6.45, 7) is 0. The van der Waals surface area contributed by atoms with Crippen LogP contribution in [0, 0.1) is 0 Å². The minimum absolute atomic E-state index is 0.000344. The zero-order valence-corrected chi connectivity index (χ0v) is 14.0. The number of hydrogen-bond acceptors (Lipinski definition) is 4. The normalized spacial score (nSPS) is 10.9. The van der Waals surface area contributed by atoms with E-state index in [-0.39, 0.29) is 5.75 Å². The minimum Gasteiger partial charge on any atom is -0.504 e. The third-order valence-electron chi connectivity index (χ3n) is 2.66. The van der Waals surface area contributed by atoms with E-state index in [9.17, 15) is 5.11 Å². The molecular weight excluding hydrogens is 379 g/mol. The minimum atomic E-state index is -0.000344. The van der Waals surface area contributed by atoms with Crippen molar-refractivity contribution < 1.29 is 9.84 Å². The Morgan fingerprint density at radius 1 is 1.29 bits per heavy atom. The van der Waals surface area contributed by atoms with Gasteiger partial charge in [0.25, 0.3) is 0 Å². The third kappa shape index (κ3) is 3.81. The number of phenolic OH excluding ortho intramolecular Hbond substituents is 1. The van der Waals surface area contributed by atoms with Crippen molar-refractivity contribution in [3.63, 3.8) is 0 Å². The molecule has 0 radical (unpaired) electrons. The SMILES string of the molecule is COc1ccc(Br)c(C=NNc2ccc(Cl)cc2Cl)c1O. The number of phenols is 1.